The number of aryl methyl sites for hydroxylation is 1. The van der Waals surface area contributed by atoms with Gasteiger partial charge in [0.2, 0.25) is 0 Å². The van der Waals surface area contributed by atoms with E-state index >= 15 is 0 Å². The van der Waals surface area contributed by atoms with Gasteiger partial charge < -0.3 is 14.0 Å². The Morgan fingerprint density at radius 3 is 2.43 bits per heavy atom. The van der Waals surface area contributed by atoms with E-state index in [9.17, 15) is 0 Å². The molecule has 0 bridgehead atoms. The molecule has 6 heteroatoms. The van der Waals surface area contributed by atoms with Gasteiger partial charge in [0.05, 0.1) is 14.2 Å². The highest BCUT2D eigenvalue weighted by Gasteiger charge is 2.19. The van der Waals surface area contributed by atoms with Gasteiger partial charge in [-0.3, -0.25) is 5.84 Å². The molecule has 0 aliphatic rings. The summed E-state index contributed by atoms with van der Waals surface area (Å²) >= 11 is 0. The van der Waals surface area contributed by atoms with Gasteiger partial charge in [-0.05, 0) is 24.1 Å². The van der Waals surface area contributed by atoms with Gasteiger partial charge in [0.15, 0.2) is 0 Å². The molecule has 1 atom stereocenters. The lowest BCUT2D eigenvalue weighted by Gasteiger charge is -2.19. The number of nitrogens with one attached hydrogen (secondary N) is 1. The van der Waals surface area contributed by atoms with Crippen molar-refractivity contribution in [3.63, 3.8) is 0 Å². The second-order valence-corrected chi connectivity index (χ2v) is 4.72. The van der Waals surface area contributed by atoms with E-state index in [1.165, 1.54) is 0 Å². The number of hydrazine groups is 1. The lowest BCUT2D eigenvalue weighted by atomic mass is 10.1. The second kappa shape index (κ2) is 7.10. The molecule has 114 valence electrons. The van der Waals surface area contributed by atoms with E-state index in [0.29, 0.717) is 0 Å². The standard InChI is InChI=1S/C15H22N4O2/c1-4-6-19-7-5-17-15(19)14(18-16)11-8-12(20-2)10-13(9-11)21-3/h5,7-10,14,18H,4,6,16H2,1-3H3. The van der Waals surface area contributed by atoms with Gasteiger partial charge in [0, 0.05) is 25.0 Å². The molecule has 6 nitrogen and oxygen atoms in total. The van der Waals surface area contributed by atoms with Crippen LogP contribution in [0.1, 0.15) is 30.8 Å². The smallest absolute Gasteiger partial charge is 0.131 e. The molecule has 2 rings (SSSR count). The van der Waals surface area contributed by atoms with Crippen molar-refractivity contribution in [2.24, 2.45) is 5.84 Å². The summed E-state index contributed by atoms with van der Waals surface area (Å²) in [6.07, 6.45) is 4.77. The summed E-state index contributed by atoms with van der Waals surface area (Å²) in [4.78, 5) is 4.43. The number of methoxy groups -OCH3 is 2. The van der Waals surface area contributed by atoms with Crippen molar-refractivity contribution < 1.29 is 9.47 Å². The van der Waals surface area contributed by atoms with E-state index in [-0.39, 0.29) is 6.04 Å². The molecule has 21 heavy (non-hydrogen) atoms. The van der Waals surface area contributed by atoms with Gasteiger partial charge in [0.1, 0.15) is 23.4 Å². The molecular formula is C15H22N4O2. The third-order valence-corrected chi connectivity index (χ3v) is 3.34. The Balaban J connectivity index is 2.43. The third kappa shape index (κ3) is 3.34. The van der Waals surface area contributed by atoms with Crippen LogP contribution >= 0.6 is 0 Å². The summed E-state index contributed by atoms with van der Waals surface area (Å²) in [6.45, 7) is 3.03. The van der Waals surface area contributed by atoms with Crippen molar-refractivity contribution in [1.29, 1.82) is 0 Å². The van der Waals surface area contributed by atoms with Crippen LogP contribution in [-0.2, 0) is 6.54 Å². The number of nitrogens with zero attached hydrogens (tertiary/aromatic N) is 2. The molecule has 0 saturated heterocycles. The Morgan fingerprint density at radius 1 is 1.24 bits per heavy atom. The van der Waals surface area contributed by atoms with E-state index in [1.54, 1.807) is 20.4 Å². The lowest BCUT2D eigenvalue weighted by molar-refractivity contribution is 0.392. The second-order valence-electron chi connectivity index (χ2n) is 4.72. The monoisotopic (exact) mass is 290 g/mol. The average Bonchev–Trinajstić information content (AvgIpc) is 2.96. The fourth-order valence-corrected chi connectivity index (χ4v) is 2.33. The molecule has 1 aromatic carbocycles. The molecule has 0 amide bonds. The predicted octanol–water partition coefficient (Wildman–Crippen LogP) is 1.86. The van der Waals surface area contributed by atoms with E-state index in [4.69, 9.17) is 15.3 Å². The Hall–Kier alpha value is -2.05. The van der Waals surface area contributed by atoms with E-state index in [2.05, 4.69) is 21.9 Å². The maximum atomic E-state index is 5.76. The number of aromatic nitrogens is 2. The molecule has 0 spiro atoms. The van der Waals surface area contributed by atoms with Gasteiger partial charge >= 0.3 is 0 Å². The summed E-state index contributed by atoms with van der Waals surface area (Å²) < 4.78 is 12.7. The molecule has 0 aliphatic carbocycles. The zero-order chi connectivity index (χ0) is 15.2. The number of imidazole rings is 1. The van der Waals surface area contributed by atoms with Crippen LogP contribution in [0.5, 0.6) is 11.5 Å². The van der Waals surface area contributed by atoms with Crippen molar-refractivity contribution in [3.8, 4) is 11.5 Å². The average molecular weight is 290 g/mol. The number of benzene rings is 1. The fourth-order valence-electron chi connectivity index (χ4n) is 2.33. The summed E-state index contributed by atoms with van der Waals surface area (Å²) in [5.74, 6) is 8.07. The van der Waals surface area contributed by atoms with Crippen molar-refractivity contribution in [3.05, 3.63) is 42.0 Å². The normalized spacial score (nSPS) is 12.2. The first kappa shape index (κ1) is 15.3. The summed E-state index contributed by atoms with van der Waals surface area (Å²) in [5.41, 5.74) is 3.77. The molecule has 1 unspecified atom stereocenters. The number of rotatable bonds is 7. The number of ether oxygens (including phenoxy) is 2. The predicted molar refractivity (Wildman–Crippen MR) is 81.2 cm³/mol. The van der Waals surface area contributed by atoms with Gasteiger partial charge in [-0.2, -0.15) is 0 Å². The Kier molecular flexibility index (Phi) is 5.19. The van der Waals surface area contributed by atoms with E-state index in [0.717, 1.165) is 35.9 Å². The van der Waals surface area contributed by atoms with Crippen molar-refractivity contribution in [2.75, 3.05) is 14.2 Å². The topological polar surface area (TPSA) is 74.3 Å². The zero-order valence-corrected chi connectivity index (χ0v) is 12.7. The van der Waals surface area contributed by atoms with Crippen molar-refractivity contribution in [1.82, 2.24) is 15.0 Å². The highest BCUT2D eigenvalue weighted by molar-refractivity contribution is 5.41. The number of hydrogen-bond acceptors (Lipinski definition) is 5. The largest absolute Gasteiger partial charge is 0.497 e. The summed E-state index contributed by atoms with van der Waals surface area (Å²) in [7, 11) is 3.25. The first-order valence-corrected chi connectivity index (χ1v) is 6.93. The quantitative estimate of drug-likeness (QED) is 0.601. The van der Waals surface area contributed by atoms with Gasteiger partial charge in [0.25, 0.3) is 0 Å². The first-order chi connectivity index (χ1) is 10.2. The van der Waals surface area contributed by atoms with Crippen LogP contribution in [-0.4, -0.2) is 23.8 Å². The summed E-state index contributed by atoms with van der Waals surface area (Å²) in [5, 5.41) is 0. The minimum absolute atomic E-state index is 0.226. The van der Waals surface area contributed by atoms with Crippen LogP contribution in [0.15, 0.2) is 30.6 Å². The molecule has 3 N–H and O–H groups in total. The summed E-state index contributed by atoms with van der Waals surface area (Å²) in [6, 6.07) is 5.46. The fraction of sp³-hybridized carbons (Fsp3) is 0.400. The van der Waals surface area contributed by atoms with Crippen LogP contribution in [0.4, 0.5) is 0 Å². The molecule has 1 heterocycles. The molecule has 0 saturated carbocycles. The van der Waals surface area contributed by atoms with E-state index < -0.39 is 0 Å². The first-order valence-electron chi connectivity index (χ1n) is 6.93. The Labute approximate surface area is 124 Å². The maximum Gasteiger partial charge on any atom is 0.131 e. The number of nitrogens with two attached hydrogens (primary N) is 1. The minimum atomic E-state index is -0.226. The molecule has 2 aromatic rings. The van der Waals surface area contributed by atoms with Crippen molar-refractivity contribution in [2.45, 2.75) is 25.9 Å². The number of hydrogen-bond donors (Lipinski definition) is 2. The molecule has 1 aromatic heterocycles. The Morgan fingerprint density at radius 2 is 1.90 bits per heavy atom. The van der Waals surface area contributed by atoms with E-state index in [1.807, 2.05) is 24.4 Å². The Bertz CT molecular complexity index is 561. The molecule has 0 fully saturated rings. The third-order valence-electron chi connectivity index (χ3n) is 3.34. The lowest BCUT2D eigenvalue weighted by Crippen LogP contribution is -2.31. The highest BCUT2D eigenvalue weighted by atomic mass is 16.5. The van der Waals surface area contributed by atoms with Gasteiger partial charge in [-0.1, -0.05) is 6.92 Å². The van der Waals surface area contributed by atoms with Gasteiger partial charge in [-0.25, -0.2) is 10.4 Å². The van der Waals surface area contributed by atoms with Crippen molar-refractivity contribution >= 4 is 0 Å². The van der Waals surface area contributed by atoms with Gasteiger partial charge in [-0.15, -0.1) is 0 Å². The SMILES string of the molecule is CCCn1ccnc1C(NN)c1cc(OC)cc(OC)c1. The van der Waals surface area contributed by atoms with Crippen LogP contribution in [0, 0.1) is 0 Å². The zero-order valence-electron chi connectivity index (χ0n) is 12.7. The minimum Gasteiger partial charge on any atom is -0.497 e. The van der Waals surface area contributed by atoms with Crippen LogP contribution < -0.4 is 20.7 Å². The highest BCUT2D eigenvalue weighted by Crippen LogP contribution is 2.29. The molecule has 0 aliphatic heterocycles. The van der Waals surface area contributed by atoms with Crippen LogP contribution in [0.2, 0.25) is 0 Å². The molecule has 0 radical (unpaired) electrons. The van der Waals surface area contributed by atoms with Crippen LogP contribution in [0.25, 0.3) is 0 Å². The van der Waals surface area contributed by atoms with Crippen LogP contribution in [0.3, 0.4) is 0 Å². The molecular weight excluding hydrogens is 268 g/mol. The maximum absolute atomic E-state index is 5.76.